The number of aryl methyl sites for hydroxylation is 1. The molecule has 68 valence electrons. The average molecular weight is 177 g/mol. The van der Waals surface area contributed by atoms with Gasteiger partial charge >= 0.3 is 0 Å². The number of benzene rings is 1. The van der Waals surface area contributed by atoms with Gasteiger partial charge in [0.15, 0.2) is 0 Å². The lowest BCUT2D eigenvalue weighted by molar-refractivity contribution is 0.619. The second-order valence-corrected chi connectivity index (χ2v) is 2.95. The van der Waals surface area contributed by atoms with E-state index in [-0.39, 0.29) is 11.9 Å². The highest BCUT2D eigenvalue weighted by Gasteiger charge is 2.06. The Morgan fingerprint density at radius 1 is 1.46 bits per heavy atom. The Balaban J connectivity index is 3.08. The van der Waals surface area contributed by atoms with E-state index >= 15 is 0 Å². The maximum absolute atomic E-state index is 13.0. The zero-order chi connectivity index (χ0) is 9.84. The second-order valence-electron chi connectivity index (χ2n) is 2.95. The summed E-state index contributed by atoms with van der Waals surface area (Å²) in [6, 6.07) is 4.60. The number of hydrogen-bond acceptors (Lipinski definition) is 1. The summed E-state index contributed by atoms with van der Waals surface area (Å²) in [7, 11) is 1.75. The summed E-state index contributed by atoms with van der Waals surface area (Å²) in [5.41, 5.74) is 1.67. The van der Waals surface area contributed by atoms with Gasteiger partial charge in [0, 0.05) is 0 Å². The molecule has 0 aliphatic heterocycles. The van der Waals surface area contributed by atoms with Crippen molar-refractivity contribution in [1.29, 1.82) is 0 Å². The zero-order valence-electron chi connectivity index (χ0n) is 7.76. The molecule has 0 fully saturated rings. The number of terminal acetylenes is 1. The maximum Gasteiger partial charge on any atom is 0.123 e. The molecule has 0 aromatic heterocycles. The number of nitrogens with one attached hydrogen (secondary N) is 1. The Labute approximate surface area is 78.0 Å². The van der Waals surface area contributed by atoms with E-state index in [2.05, 4.69) is 11.2 Å². The predicted octanol–water partition coefficient (Wildman–Crippen LogP) is 2.03. The number of hydrogen-bond donors (Lipinski definition) is 1. The molecule has 1 N–H and O–H groups in total. The van der Waals surface area contributed by atoms with Gasteiger partial charge in [-0.1, -0.05) is 12.0 Å². The van der Waals surface area contributed by atoms with Crippen LogP contribution in [0.4, 0.5) is 4.39 Å². The van der Waals surface area contributed by atoms with Crippen LogP contribution in [0.25, 0.3) is 0 Å². The van der Waals surface area contributed by atoms with E-state index in [1.165, 1.54) is 12.1 Å². The van der Waals surface area contributed by atoms with Crippen LogP contribution in [0.5, 0.6) is 0 Å². The molecule has 0 heterocycles. The molecule has 0 aliphatic carbocycles. The van der Waals surface area contributed by atoms with Crippen LogP contribution >= 0.6 is 0 Å². The van der Waals surface area contributed by atoms with Crippen LogP contribution in [0, 0.1) is 25.1 Å². The highest BCUT2D eigenvalue weighted by molar-refractivity contribution is 5.30. The summed E-state index contributed by atoms with van der Waals surface area (Å²) in [6.07, 6.45) is 5.28. The van der Waals surface area contributed by atoms with Gasteiger partial charge in [-0.2, -0.15) is 0 Å². The van der Waals surface area contributed by atoms with Gasteiger partial charge in [0.25, 0.3) is 0 Å². The molecule has 1 nitrogen and oxygen atoms in total. The molecule has 0 spiro atoms. The highest BCUT2D eigenvalue weighted by atomic mass is 19.1. The van der Waals surface area contributed by atoms with Crippen molar-refractivity contribution in [3.05, 3.63) is 35.1 Å². The van der Waals surface area contributed by atoms with Crippen molar-refractivity contribution in [3.8, 4) is 12.3 Å². The van der Waals surface area contributed by atoms with Gasteiger partial charge in [-0.05, 0) is 37.2 Å². The molecule has 0 saturated heterocycles. The summed E-state index contributed by atoms with van der Waals surface area (Å²) in [5, 5.41) is 2.92. The minimum atomic E-state index is -0.245. The smallest absolute Gasteiger partial charge is 0.123 e. The topological polar surface area (TPSA) is 12.0 Å². The Bertz CT molecular complexity index is 318. The first-order valence-corrected chi connectivity index (χ1v) is 4.08. The number of rotatable bonds is 2. The molecule has 1 aromatic carbocycles. The fourth-order valence-electron chi connectivity index (χ4n) is 1.28. The van der Waals surface area contributed by atoms with E-state index in [1.54, 1.807) is 7.05 Å². The minimum absolute atomic E-state index is 0.214. The van der Waals surface area contributed by atoms with Gasteiger partial charge in [-0.15, -0.1) is 6.42 Å². The minimum Gasteiger partial charge on any atom is -0.303 e. The SMILES string of the molecule is C#CC(NC)c1cc(C)cc(F)c1. The lowest BCUT2D eigenvalue weighted by Gasteiger charge is -2.10. The standard InChI is InChI=1S/C11H12FN/c1-4-11(13-3)9-5-8(2)6-10(12)7-9/h1,5-7,11,13H,2-3H3. The number of halogens is 1. The third-order valence-electron chi connectivity index (χ3n) is 1.85. The first-order chi connectivity index (χ1) is 6.17. The van der Waals surface area contributed by atoms with Crippen molar-refractivity contribution >= 4 is 0 Å². The lowest BCUT2D eigenvalue weighted by atomic mass is 10.1. The molecule has 1 atom stereocenters. The summed E-state index contributed by atoms with van der Waals surface area (Å²) >= 11 is 0. The molecule has 2 heteroatoms. The Hall–Kier alpha value is -1.33. The summed E-state index contributed by atoms with van der Waals surface area (Å²) in [4.78, 5) is 0. The van der Waals surface area contributed by atoms with Crippen molar-refractivity contribution in [2.45, 2.75) is 13.0 Å². The fraction of sp³-hybridized carbons (Fsp3) is 0.273. The van der Waals surface area contributed by atoms with Gasteiger partial charge in [0.2, 0.25) is 0 Å². The van der Waals surface area contributed by atoms with Gasteiger partial charge < -0.3 is 5.32 Å². The third kappa shape index (κ3) is 2.30. The summed E-state index contributed by atoms with van der Waals surface area (Å²) in [5.74, 6) is 2.30. The van der Waals surface area contributed by atoms with E-state index in [9.17, 15) is 4.39 Å². The van der Waals surface area contributed by atoms with Crippen LogP contribution in [-0.4, -0.2) is 7.05 Å². The molecule has 0 bridgehead atoms. The van der Waals surface area contributed by atoms with Crippen LogP contribution in [-0.2, 0) is 0 Å². The second kappa shape index (κ2) is 4.06. The molecule has 13 heavy (non-hydrogen) atoms. The van der Waals surface area contributed by atoms with E-state index in [0.717, 1.165) is 11.1 Å². The van der Waals surface area contributed by atoms with Crippen LogP contribution < -0.4 is 5.32 Å². The van der Waals surface area contributed by atoms with Crippen molar-refractivity contribution in [1.82, 2.24) is 5.32 Å². The quantitative estimate of drug-likeness (QED) is 0.681. The zero-order valence-corrected chi connectivity index (χ0v) is 7.76. The van der Waals surface area contributed by atoms with Gasteiger partial charge in [-0.3, -0.25) is 0 Å². The predicted molar refractivity (Wildman–Crippen MR) is 51.8 cm³/mol. The largest absolute Gasteiger partial charge is 0.303 e. The molecular formula is C11H12FN. The van der Waals surface area contributed by atoms with E-state index < -0.39 is 0 Å². The molecule has 0 radical (unpaired) electrons. The van der Waals surface area contributed by atoms with Crippen molar-refractivity contribution in [2.24, 2.45) is 0 Å². The van der Waals surface area contributed by atoms with Crippen molar-refractivity contribution < 1.29 is 4.39 Å². The van der Waals surface area contributed by atoms with Crippen LogP contribution in [0.1, 0.15) is 17.2 Å². The van der Waals surface area contributed by atoms with Crippen LogP contribution in [0.15, 0.2) is 18.2 Å². The monoisotopic (exact) mass is 177 g/mol. The molecule has 1 aromatic rings. The first kappa shape index (κ1) is 9.76. The Morgan fingerprint density at radius 3 is 2.62 bits per heavy atom. The van der Waals surface area contributed by atoms with E-state index in [0.29, 0.717) is 0 Å². The van der Waals surface area contributed by atoms with Gasteiger partial charge in [-0.25, -0.2) is 4.39 Å². The van der Waals surface area contributed by atoms with E-state index in [1.807, 2.05) is 13.0 Å². The van der Waals surface area contributed by atoms with Crippen molar-refractivity contribution in [3.63, 3.8) is 0 Å². The lowest BCUT2D eigenvalue weighted by Crippen LogP contribution is -2.14. The third-order valence-corrected chi connectivity index (χ3v) is 1.85. The molecule has 0 aliphatic rings. The first-order valence-electron chi connectivity index (χ1n) is 4.08. The molecule has 0 saturated carbocycles. The van der Waals surface area contributed by atoms with Crippen LogP contribution in [0.3, 0.4) is 0 Å². The van der Waals surface area contributed by atoms with E-state index in [4.69, 9.17) is 6.42 Å². The molecular weight excluding hydrogens is 165 g/mol. The molecule has 1 rings (SSSR count). The summed E-state index contributed by atoms with van der Waals surface area (Å²) < 4.78 is 13.0. The Kier molecular flexibility index (Phi) is 3.05. The van der Waals surface area contributed by atoms with Crippen LogP contribution in [0.2, 0.25) is 0 Å². The Morgan fingerprint density at radius 2 is 2.15 bits per heavy atom. The normalized spacial score (nSPS) is 12.2. The molecule has 1 unspecified atom stereocenters. The van der Waals surface area contributed by atoms with Crippen molar-refractivity contribution in [2.75, 3.05) is 7.05 Å². The fourth-order valence-corrected chi connectivity index (χ4v) is 1.28. The highest BCUT2D eigenvalue weighted by Crippen LogP contribution is 2.15. The van der Waals surface area contributed by atoms with Gasteiger partial charge in [0.05, 0.1) is 6.04 Å². The average Bonchev–Trinajstić information content (AvgIpc) is 2.04. The summed E-state index contributed by atoms with van der Waals surface area (Å²) in [6.45, 7) is 1.84. The van der Waals surface area contributed by atoms with Gasteiger partial charge in [0.1, 0.15) is 5.82 Å². The molecule has 0 amide bonds. The maximum atomic E-state index is 13.0.